The molecule has 0 saturated heterocycles. The molecule has 0 amide bonds. The monoisotopic (exact) mass is 301 g/mol. The van der Waals surface area contributed by atoms with Gasteiger partial charge in [0.2, 0.25) is 0 Å². The first kappa shape index (κ1) is 14.5. The third kappa shape index (κ3) is 2.98. The van der Waals surface area contributed by atoms with Crippen molar-refractivity contribution in [3.63, 3.8) is 0 Å². The molecular formula is C13H10F3NO2S. The lowest BCUT2D eigenvalue weighted by atomic mass is 10.0. The summed E-state index contributed by atoms with van der Waals surface area (Å²) in [4.78, 5) is 3.49. The number of halogens is 3. The zero-order valence-corrected chi connectivity index (χ0v) is 11.2. The van der Waals surface area contributed by atoms with Gasteiger partial charge >= 0.3 is 6.18 Å². The predicted octanol–water partition coefficient (Wildman–Crippen LogP) is 3.17. The molecule has 20 heavy (non-hydrogen) atoms. The normalized spacial score (nSPS) is 12.4. The van der Waals surface area contributed by atoms with E-state index in [9.17, 15) is 21.6 Å². The highest BCUT2D eigenvalue weighted by Gasteiger charge is 2.35. The van der Waals surface area contributed by atoms with E-state index >= 15 is 0 Å². The van der Waals surface area contributed by atoms with E-state index in [-0.39, 0.29) is 16.2 Å². The van der Waals surface area contributed by atoms with Crippen LogP contribution in [0.3, 0.4) is 0 Å². The second-order valence-electron chi connectivity index (χ2n) is 4.19. The second-order valence-corrected chi connectivity index (χ2v) is 6.21. The van der Waals surface area contributed by atoms with Gasteiger partial charge in [0.25, 0.3) is 0 Å². The van der Waals surface area contributed by atoms with Crippen LogP contribution < -0.4 is 0 Å². The van der Waals surface area contributed by atoms with Crippen LogP contribution in [0.1, 0.15) is 5.56 Å². The summed E-state index contributed by atoms with van der Waals surface area (Å²) in [7, 11) is -3.70. The van der Waals surface area contributed by atoms with Crippen molar-refractivity contribution in [1.29, 1.82) is 0 Å². The SMILES string of the molecule is CS(=O)(=O)c1ccc(-c2ccccn2)c(C(F)(F)F)c1. The topological polar surface area (TPSA) is 47.0 Å². The van der Waals surface area contributed by atoms with Crippen molar-refractivity contribution in [3.8, 4) is 11.3 Å². The zero-order valence-electron chi connectivity index (χ0n) is 10.3. The number of nitrogens with zero attached hydrogens (tertiary/aromatic N) is 1. The third-order valence-electron chi connectivity index (χ3n) is 2.67. The maximum Gasteiger partial charge on any atom is 0.417 e. The third-order valence-corrected chi connectivity index (χ3v) is 3.78. The van der Waals surface area contributed by atoms with Crippen molar-refractivity contribution in [2.45, 2.75) is 11.1 Å². The fourth-order valence-corrected chi connectivity index (χ4v) is 2.38. The Kier molecular flexibility index (Phi) is 3.56. The highest BCUT2D eigenvalue weighted by atomic mass is 32.2. The van der Waals surface area contributed by atoms with Gasteiger partial charge in [-0.2, -0.15) is 13.2 Å². The lowest BCUT2D eigenvalue weighted by Gasteiger charge is -2.13. The summed E-state index contributed by atoms with van der Waals surface area (Å²) in [5.41, 5.74) is -1.02. The van der Waals surface area contributed by atoms with E-state index in [2.05, 4.69) is 4.98 Å². The van der Waals surface area contributed by atoms with Crippen LogP contribution in [0.4, 0.5) is 13.2 Å². The Hall–Kier alpha value is -1.89. The standard InChI is InChI=1S/C13H10F3NO2S/c1-20(18,19)9-5-6-10(11(8-9)13(14,15)16)12-4-2-3-7-17-12/h2-8H,1H3. The van der Waals surface area contributed by atoms with Gasteiger partial charge in [-0.15, -0.1) is 0 Å². The smallest absolute Gasteiger partial charge is 0.256 e. The lowest BCUT2D eigenvalue weighted by Crippen LogP contribution is -2.10. The quantitative estimate of drug-likeness (QED) is 0.856. The molecule has 0 radical (unpaired) electrons. The second kappa shape index (κ2) is 4.90. The average molecular weight is 301 g/mol. The Morgan fingerprint density at radius 2 is 1.80 bits per heavy atom. The lowest BCUT2D eigenvalue weighted by molar-refractivity contribution is -0.137. The fraction of sp³-hybridized carbons (Fsp3) is 0.154. The Morgan fingerprint density at radius 1 is 1.10 bits per heavy atom. The number of hydrogen-bond acceptors (Lipinski definition) is 3. The molecule has 2 rings (SSSR count). The Labute approximate surface area is 114 Å². The minimum Gasteiger partial charge on any atom is -0.256 e. The zero-order chi connectivity index (χ0) is 15.0. The van der Waals surface area contributed by atoms with Gasteiger partial charge in [0.05, 0.1) is 16.2 Å². The molecule has 0 bridgehead atoms. The van der Waals surface area contributed by atoms with Crippen molar-refractivity contribution < 1.29 is 21.6 Å². The molecule has 0 unspecified atom stereocenters. The number of pyridine rings is 1. The molecule has 1 heterocycles. The van der Waals surface area contributed by atoms with E-state index in [1.54, 1.807) is 12.1 Å². The molecule has 106 valence electrons. The summed E-state index contributed by atoms with van der Waals surface area (Å²) in [6.07, 6.45) is -2.42. The van der Waals surface area contributed by atoms with Gasteiger partial charge < -0.3 is 0 Å². The molecule has 1 aromatic carbocycles. The molecule has 0 aliphatic heterocycles. The first-order chi connectivity index (χ1) is 9.19. The molecule has 2 aromatic rings. The van der Waals surface area contributed by atoms with Gasteiger partial charge in [-0.1, -0.05) is 12.1 Å². The van der Waals surface area contributed by atoms with E-state index in [1.165, 1.54) is 12.3 Å². The minimum atomic E-state index is -4.66. The van der Waals surface area contributed by atoms with Gasteiger partial charge in [0.1, 0.15) is 0 Å². The van der Waals surface area contributed by atoms with Crippen LogP contribution in [-0.4, -0.2) is 19.7 Å². The van der Waals surface area contributed by atoms with Crippen LogP contribution in [0.2, 0.25) is 0 Å². The highest BCUT2D eigenvalue weighted by molar-refractivity contribution is 7.90. The summed E-state index contributed by atoms with van der Waals surface area (Å²) in [6.45, 7) is 0. The summed E-state index contributed by atoms with van der Waals surface area (Å²) >= 11 is 0. The van der Waals surface area contributed by atoms with Gasteiger partial charge in [0.15, 0.2) is 9.84 Å². The van der Waals surface area contributed by atoms with Crippen molar-refractivity contribution >= 4 is 9.84 Å². The van der Waals surface area contributed by atoms with E-state index in [4.69, 9.17) is 0 Å². The molecule has 0 aliphatic carbocycles. The first-order valence-electron chi connectivity index (χ1n) is 5.52. The van der Waals surface area contributed by atoms with Crippen molar-refractivity contribution in [2.24, 2.45) is 0 Å². The van der Waals surface area contributed by atoms with E-state index < -0.39 is 21.6 Å². The van der Waals surface area contributed by atoms with Crippen molar-refractivity contribution in [1.82, 2.24) is 4.98 Å². The predicted molar refractivity (Wildman–Crippen MR) is 67.8 cm³/mol. The Morgan fingerprint density at radius 3 is 2.30 bits per heavy atom. The number of aromatic nitrogens is 1. The number of hydrogen-bond donors (Lipinski definition) is 0. The van der Waals surface area contributed by atoms with Crippen LogP contribution in [-0.2, 0) is 16.0 Å². The molecule has 0 atom stereocenters. The maximum absolute atomic E-state index is 13.1. The van der Waals surface area contributed by atoms with Crippen LogP contribution in [0.15, 0.2) is 47.5 Å². The molecule has 0 saturated carbocycles. The van der Waals surface area contributed by atoms with Crippen LogP contribution >= 0.6 is 0 Å². The summed E-state index contributed by atoms with van der Waals surface area (Å²) in [6, 6.07) is 7.49. The number of alkyl halides is 3. The fourth-order valence-electron chi connectivity index (χ4n) is 1.73. The first-order valence-corrected chi connectivity index (χ1v) is 7.41. The number of rotatable bonds is 2. The molecule has 7 heteroatoms. The summed E-state index contributed by atoms with van der Waals surface area (Å²) in [5, 5.41) is 0. The van der Waals surface area contributed by atoms with Crippen LogP contribution in [0, 0.1) is 0 Å². The van der Waals surface area contributed by atoms with E-state index in [0.29, 0.717) is 6.07 Å². The molecule has 3 nitrogen and oxygen atoms in total. The van der Waals surface area contributed by atoms with E-state index in [1.807, 2.05) is 0 Å². The van der Waals surface area contributed by atoms with Gasteiger partial charge in [0, 0.05) is 18.0 Å². The van der Waals surface area contributed by atoms with Gasteiger partial charge in [-0.25, -0.2) is 8.42 Å². The molecule has 0 aliphatic rings. The number of benzene rings is 1. The molecule has 1 aromatic heterocycles. The summed E-state index contributed by atoms with van der Waals surface area (Å²) in [5.74, 6) is 0. The molecule has 0 fully saturated rings. The number of sulfone groups is 1. The van der Waals surface area contributed by atoms with Gasteiger partial charge in [-0.3, -0.25) is 4.98 Å². The van der Waals surface area contributed by atoms with Crippen LogP contribution in [0.5, 0.6) is 0 Å². The molecule has 0 N–H and O–H groups in total. The maximum atomic E-state index is 13.1. The van der Waals surface area contributed by atoms with Gasteiger partial charge in [-0.05, 0) is 24.3 Å². The van der Waals surface area contributed by atoms with Crippen LogP contribution in [0.25, 0.3) is 11.3 Å². The van der Waals surface area contributed by atoms with Crippen molar-refractivity contribution in [2.75, 3.05) is 6.26 Å². The largest absolute Gasteiger partial charge is 0.417 e. The average Bonchev–Trinajstić information content (AvgIpc) is 2.37. The Bertz CT molecular complexity index is 725. The minimum absolute atomic E-state index is 0.139. The highest BCUT2D eigenvalue weighted by Crippen LogP contribution is 2.37. The molecule has 0 spiro atoms. The molecular weight excluding hydrogens is 291 g/mol. The van der Waals surface area contributed by atoms with E-state index in [0.717, 1.165) is 18.4 Å². The summed E-state index contributed by atoms with van der Waals surface area (Å²) < 4.78 is 62.0. The Balaban J connectivity index is 2.71. The van der Waals surface area contributed by atoms with Crippen molar-refractivity contribution in [3.05, 3.63) is 48.2 Å².